The second-order valence-corrected chi connectivity index (χ2v) is 8.74. The lowest BCUT2D eigenvalue weighted by Crippen LogP contribution is -2.03. The molecule has 0 amide bonds. The summed E-state index contributed by atoms with van der Waals surface area (Å²) >= 11 is 2.76. The number of hydrogen-bond donors (Lipinski definition) is 0. The quantitative estimate of drug-likeness (QED) is 0.700. The number of aryl methyl sites for hydroxylation is 1. The fourth-order valence-corrected chi connectivity index (χ4v) is 5.68. The van der Waals surface area contributed by atoms with Gasteiger partial charge in [-0.05, 0) is 31.2 Å². The molecule has 0 radical (unpaired) electrons. The Morgan fingerprint density at radius 1 is 1.00 bits per heavy atom. The Bertz CT molecular complexity index is 869. The van der Waals surface area contributed by atoms with E-state index in [0.29, 0.717) is 4.21 Å². The van der Waals surface area contributed by atoms with E-state index in [1.54, 1.807) is 29.8 Å². The van der Waals surface area contributed by atoms with Crippen LogP contribution in [0.5, 0.6) is 0 Å². The molecule has 0 saturated carbocycles. The monoisotopic (exact) mass is 347 g/mol. The highest BCUT2D eigenvalue weighted by Crippen LogP contribution is 2.37. The molecule has 112 valence electrons. The van der Waals surface area contributed by atoms with Crippen molar-refractivity contribution in [3.63, 3.8) is 0 Å². The van der Waals surface area contributed by atoms with Gasteiger partial charge < -0.3 is 0 Å². The Balaban J connectivity index is 1.99. The van der Waals surface area contributed by atoms with Crippen molar-refractivity contribution in [1.82, 2.24) is 4.98 Å². The third kappa shape index (κ3) is 3.09. The minimum Gasteiger partial charge on any atom is -0.232 e. The molecule has 0 unspecified atom stereocenters. The van der Waals surface area contributed by atoms with Gasteiger partial charge in [-0.15, -0.1) is 11.3 Å². The molecule has 0 aliphatic heterocycles. The number of thiazole rings is 1. The molecule has 0 N–H and O–H groups in total. The Hall–Kier alpha value is -1.63. The highest BCUT2D eigenvalue weighted by atomic mass is 32.2. The van der Waals surface area contributed by atoms with E-state index in [-0.39, 0.29) is 9.92 Å². The van der Waals surface area contributed by atoms with Crippen LogP contribution in [0.2, 0.25) is 0 Å². The molecular weight excluding hydrogens is 334 g/mol. The predicted molar refractivity (Wildman–Crippen MR) is 89.3 cm³/mol. The van der Waals surface area contributed by atoms with Gasteiger partial charge in [-0.1, -0.05) is 47.7 Å². The lowest BCUT2D eigenvalue weighted by atomic mass is 10.2. The fourth-order valence-electron chi connectivity index (χ4n) is 1.90. The first kappa shape index (κ1) is 15.3. The third-order valence-corrected chi connectivity index (χ3v) is 7.06. The average molecular weight is 347 g/mol. The van der Waals surface area contributed by atoms with Gasteiger partial charge in [-0.2, -0.15) is 0 Å². The van der Waals surface area contributed by atoms with Crippen LogP contribution in [0.4, 0.5) is 0 Å². The normalized spacial score (nSPS) is 11.5. The summed E-state index contributed by atoms with van der Waals surface area (Å²) in [6.45, 7) is 1.93. The number of nitrogens with zero attached hydrogens (tertiary/aromatic N) is 1. The summed E-state index contributed by atoms with van der Waals surface area (Å²) < 4.78 is 26.2. The third-order valence-electron chi connectivity index (χ3n) is 3.04. The molecule has 0 atom stereocenters. The van der Waals surface area contributed by atoms with E-state index < -0.39 is 9.84 Å². The first-order valence-electron chi connectivity index (χ1n) is 6.55. The van der Waals surface area contributed by atoms with Gasteiger partial charge in [-0.25, -0.2) is 13.4 Å². The van der Waals surface area contributed by atoms with Gasteiger partial charge in [0.2, 0.25) is 9.84 Å². The van der Waals surface area contributed by atoms with Crippen molar-refractivity contribution in [2.75, 3.05) is 0 Å². The SMILES string of the molecule is Cc1ccc(S(=O)(=O)c2ncsc2Sc2ccccc2)cc1. The molecule has 3 nitrogen and oxygen atoms in total. The minimum absolute atomic E-state index is 0.134. The second kappa shape index (κ2) is 6.24. The van der Waals surface area contributed by atoms with Crippen molar-refractivity contribution in [3.05, 3.63) is 65.7 Å². The van der Waals surface area contributed by atoms with E-state index in [1.807, 2.05) is 37.3 Å². The van der Waals surface area contributed by atoms with E-state index >= 15 is 0 Å². The molecule has 1 aromatic heterocycles. The van der Waals surface area contributed by atoms with Gasteiger partial charge in [0.15, 0.2) is 5.03 Å². The molecule has 0 bridgehead atoms. The first-order chi connectivity index (χ1) is 10.6. The lowest BCUT2D eigenvalue weighted by Gasteiger charge is -2.05. The van der Waals surface area contributed by atoms with E-state index in [2.05, 4.69) is 4.98 Å². The van der Waals surface area contributed by atoms with Crippen LogP contribution in [0, 0.1) is 6.92 Å². The summed E-state index contributed by atoms with van der Waals surface area (Å²) in [7, 11) is -3.58. The molecule has 0 aliphatic rings. The molecule has 0 spiro atoms. The topological polar surface area (TPSA) is 47.0 Å². The maximum absolute atomic E-state index is 12.7. The van der Waals surface area contributed by atoms with Crippen LogP contribution in [0.25, 0.3) is 0 Å². The highest BCUT2D eigenvalue weighted by Gasteiger charge is 2.24. The van der Waals surface area contributed by atoms with Crippen LogP contribution in [0.1, 0.15) is 5.56 Å². The van der Waals surface area contributed by atoms with Gasteiger partial charge in [0, 0.05) is 4.90 Å². The zero-order valence-corrected chi connectivity index (χ0v) is 14.2. The van der Waals surface area contributed by atoms with Crippen molar-refractivity contribution in [2.24, 2.45) is 0 Å². The van der Waals surface area contributed by atoms with E-state index in [1.165, 1.54) is 23.1 Å². The fraction of sp³-hybridized carbons (Fsp3) is 0.0625. The van der Waals surface area contributed by atoms with E-state index in [4.69, 9.17) is 0 Å². The molecule has 22 heavy (non-hydrogen) atoms. The molecule has 0 fully saturated rings. The number of rotatable bonds is 4. The maximum atomic E-state index is 12.7. The Labute approximate surface area is 138 Å². The Kier molecular flexibility index (Phi) is 4.33. The Morgan fingerprint density at radius 2 is 1.68 bits per heavy atom. The van der Waals surface area contributed by atoms with Crippen molar-refractivity contribution >= 4 is 32.9 Å². The lowest BCUT2D eigenvalue weighted by molar-refractivity contribution is 0.591. The number of aromatic nitrogens is 1. The average Bonchev–Trinajstić information content (AvgIpc) is 2.98. The van der Waals surface area contributed by atoms with Crippen LogP contribution in [0.15, 0.2) is 79.1 Å². The zero-order chi connectivity index (χ0) is 15.6. The van der Waals surface area contributed by atoms with Crippen LogP contribution in [-0.2, 0) is 9.84 Å². The Morgan fingerprint density at radius 3 is 2.36 bits per heavy atom. The molecule has 0 saturated heterocycles. The molecule has 3 aromatic rings. The number of sulfone groups is 1. The zero-order valence-electron chi connectivity index (χ0n) is 11.8. The highest BCUT2D eigenvalue weighted by molar-refractivity contribution is 8.02. The van der Waals surface area contributed by atoms with Gasteiger partial charge >= 0.3 is 0 Å². The molecule has 3 rings (SSSR count). The van der Waals surface area contributed by atoms with E-state index in [9.17, 15) is 8.42 Å². The first-order valence-corrected chi connectivity index (χ1v) is 9.73. The summed E-state index contributed by atoms with van der Waals surface area (Å²) in [4.78, 5) is 5.36. The van der Waals surface area contributed by atoms with Crippen LogP contribution in [0.3, 0.4) is 0 Å². The molecule has 2 aromatic carbocycles. The van der Waals surface area contributed by atoms with Gasteiger partial charge in [0.1, 0.15) is 4.21 Å². The van der Waals surface area contributed by atoms with Gasteiger partial charge in [0.05, 0.1) is 10.4 Å². The predicted octanol–water partition coefficient (Wildman–Crippen LogP) is 4.44. The summed E-state index contributed by atoms with van der Waals surface area (Å²) in [6, 6.07) is 16.5. The summed E-state index contributed by atoms with van der Waals surface area (Å²) in [5.41, 5.74) is 2.60. The van der Waals surface area contributed by atoms with Crippen LogP contribution >= 0.6 is 23.1 Å². The van der Waals surface area contributed by atoms with Crippen LogP contribution in [-0.4, -0.2) is 13.4 Å². The summed E-state index contributed by atoms with van der Waals surface area (Å²) in [5, 5.41) is 0.134. The maximum Gasteiger partial charge on any atom is 0.225 e. The van der Waals surface area contributed by atoms with Gasteiger partial charge in [-0.3, -0.25) is 0 Å². The number of hydrogen-bond acceptors (Lipinski definition) is 5. The second-order valence-electron chi connectivity index (χ2n) is 4.68. The largest absolute Gasteiger partial charge is 0.232 e. The summed E-state index contributed by atoms with van der Waals surface area (Å²) in [5.74, 6) is 0. The summed E-state index contributed by atoms with van der Waals surface area (Å²) in [6.07, 6.45) is 0. The van der Waals surface area contributed by atoms with Crippen molar-refractivity contribution in [1.29, 1.82) is 0 Å². The molecule has 6 heteroatoms. The van der Waals surface area contributed by atoms with Crippen molar-refractivity contribution < 1.29 is 8.42 Å². The standard InChI is InChI=1S/C16H13NO2S3/c1-12-7-9-14(10-8-12)22(18,19)15-16(20-11-17-15)21-13-5-3-2-4-6-13/h2-11H,1H3. The molecule has 1 heterocycles. The van der Waals surface area contributed by atoms with Crippen molar-refractivity contribution in [3.8, 4) is 0 Å². The molecular formula is C16H13NO2S3. The smallest absolute Gasteiger partial charge is 0.225 e. The number of benzene rings is 2. The van der Waals surface area contributed by atoms with Crippen molar-refractivity contribution in [2.45, 2.75) is 25.9 Å². The van der Waals surface area contributed by atoms with Gasteiger partial charge in [0.25, 0.3) is 0 Å². The minimum atomic E-state index is -3.58. The molecule has 0 aliphatic carbocycles. The van der Waals surface area contributed by atoms with E-state index in [0.717, 1.165) is 10.5 Å². The van der Waals surface area contributed by atoms with Crippen LogP contribution < -0.4 is 0 Å².